The predicted molar refractivity (Wildman–Crippen MR) is 100 cm³/mol. The lowest BCUT2D eigenvalue weighted by Crippen LogP contribution is -2.48. The first-order chi connectivity index (χ1) is 12.8. The number of hydrogen-bond donors (Lipinski definition) is 0. The number of halogens is 1. The first kappa shape index (κ1) is 20.2. The van der Waals surface area contributed by atoms with Gasteiger partial charge in [0.2, 0.25) is 5.91 Å². The second-order valence-electron chi connectivity index (χ2n) is 7.54. The highest BCUT2D eigenvalue weighted by Crippen LogP contribution is 2.22. The standard InChI is InChI=1S/C19H27FN2O4S/c1-21(11-15-4-2-5-16(20)10-15)13-19(23)22(12-18-6-3-8-26-18)17-7-9-27(24,25)14-17/h2,4-5,10,17-18H,3,6-9,11-14H2,1H3. The summed E-state index contributed by atoms with van der Waals surface area (Å²) in [6.45, 7) is 1.72. The molecule has 0 aromatic heterocycles. The van der Waals surface area contributed by atoms with Crippen molar-refractivity contribution in [2.24, 2.45) is 0 Å². The Kier molecular flexibility index (Phi) is 6.49. The number of benzene rings is 1. The Morgan fingerprint density at radius 3 is 2.78 bits per heavy atom. The van der Waals surface area contributed by atoms with Crippen molar-refractivity contribution < 1.29 is 22.3 Å². The molecule has 1 aromatic rings. The molecule has 8 heteroatoms. The molecule has 2 heterocycles. The molecule has 2 aliphatic heterocycles. The zero-order chi connectivity index (χ0) is 19.4. The van der Waals surface area contributed by atoms with Gasteiger partial charge in [0.05, 0.1) is 24.2 Å². The van der Waals surface area contributed by atoms with E-state index in [1.54, 1.807) is 18.0 Å². The second kappa shape index (κ2) is 8.67. The van der Waals surface area contributed by atoms with Crippen LogP contribution >= 0.6 is 0 Å². The third-order valence-corrected chi connectivity index (χ3v) is 6.89. The average Bonchev–Trinajstić information content (AvgIpc) is 3.21. The summed E-state index contributed by atoms with van der Waals surface area (Å²) in [6.07, 6.45) is 2.32. The van der Waals surface area contributed by atoms with Crippen LogP contribution in [-0.2, 0) is 25.9 Å². The van der Waals surface area contributed by atoms with Crippen LogP contribution < -0.4 is 0 Å². The summed E-state index contributed by atoms with van der Waals surface area (Å²) in [6, 6.07) is 6.02. The number of ether oxygens (including phenoxy) is 1. The van der Waals surface area contributed by atoms with Gasteiger partial charge in [0.25, 0.3) is 0 Å². The maximum Gasteiger partial charge on any atom is 0.237 e. The molecule has 0 N–H and O–H groups in total. The van der Waals surface area contributed by atoms with E-state index in [9.17, 15) is 17.6 Å². The molecule has 1 aromatic carbocycles. The van der Waals surface area contributed by atoms with Gasteiger partial charge in [-0.3, -0.25) is 9.69 Å². The van der Waals surface area contributed by atoms with Crippen LogP contribution in [0.15, 0.2) is 24.3 Å². The largest absolute Gasteiger partial charge is 0.376 e. The van der Waals surface area contributed by atoms with Gasteiger partial charge >= 0.3 is 0 Å². The Labute approximate surface area is 160 Å². The maximum atomic E-state index is 13.3. The molecule has 3 rings (SSSR count). The molecule has 0 aliphatic carbocycles. The normalized spacial score (nSPS) is 24.4. The van der Waals surface area contributed by atoms with Gasteiger partial charge in [-0.15, -0.1) is 0 Å². The van der Waals surface area contributed by atoms with E-state index in [2.05, 4.69) is 0 Å². The van der Waals surface area contributed by atoms with Gasteiger partial charge < -0.3 is 9.64 Å². The molecule has 2 saturated heterocycles. The molecule has 0 radical (unpaired) electrons. The van der Waals surface area contributed by atoms with Crippen LogP contribution in [0.2, 0.25) is 0 Å². The Hall–Kier alpha value is -1.51. The van der Waals surface area contributed by atoms with E-state index in [4.69, 9.17) is 4.74 Å². The van der Waals surface area contributed by atoms with E-state index in [1.165, 1.54) is 12.1 Å². The zero-order valence-corrected chi connectivity index (χ0v) is 16.5. The number of carbonyl (C=O) groups is 1. The van der Waals surface area contributed by atoms with Gasteiger partial charge in [-0.05, 0) is 44.0 Å². The molecule has 150 valence electrons. The predicted octanol–water partition coefficient (Wildman–Crippen LogP) is 1.45. The fourth-order valence-electron chi connectivity index (χ4n) is 3.81. The lowest BCUT2D eigenvalue weighted by Gasteiger charge is -2.32. The minimum Gasteiger partial charge on any atom is -0.376 e. The average molecular weight is 399 g/mol. The summed E-state index contributed by atoms with van der Waals surface area (Å²) >= 11 is 0. The van der Waals surface area contributed by atoms with E-state index in [1.807, 2.05) is 11.0 Å². The Morgan fingerprint density at radius 2 is 2.15 bits per heavy atom. The summed E-state index contributed by atoms with van der Waals surface area (Å²) in [5.74, 6) is -0.250. The number of likely N-dealkylation sites (N-methyl/N-ethyl adjacent to an activating group) is 1. The number of hydrogen-bond acceptors (Lipinski definition) is 5. The van der Waals surface area contributed by atoms with Crippen LogP contribution in [0.25, 0.3) is 0 Å². The number of carbonyl (C=O) groups excluding carboxylic acids is 1. The summed E-state index contributed by atoms with van der Waals surface area (Å²) in [7, 11) is -1.28. The van der Waals surface area contributed by atoms with Crippen molar-refractivity contribution in [2.45, 2.75) is 38.0 Å². The van der Waals surface area contributed by atoms with Crippen LogP contribution in [0.5, 0.6) is 0 Å². The van der Waals surface area contributed by atoms with Crippen LogP contribution in [0.3, 0.4) is 0 Å². The summed E-state index contributed by atoms with van der Waals surface area (Å²) in [4.78, 5) is 16.5. The smallest absolute Gasteiger partial charge is 0.237 e. The monoisotopic (exact) mass is 398 g/mol. The third-order valence-electron chi connectivity index (χ3n) is 5.14. The SMILES string of the molecule is CN(CC(=O)N(CC1CCCO1)C1CCS(=O)(=O)C1)Cc1cccc(F)c1. The summed E-state index contributed by atoms with van der Waals surface area (Å²) in [5.41, 5.74) is 0.791. The second-order valence-corrected chi connectivity index (χ2v) is 9.77. The van der Waals surface area contributed by atoms with E-state index in [0.29, 0.717) is 26.1 Å². The molecule has 2 atom stereocenters. The molecule has 27 heavy (non-hydrogen) atoms. The minimum atomic E-state index is -3.08. The van der Waals surface area contributed by atoms with Crippen molar-refractivity contribution in [3.63, 3.8) is 0 Å². The Bertz CT molecular complexity index is 765. The highest BCUT2D eigenvalue weighted by Gasteiger charge is 2.36. The van der Waals surface area contributed by atoms with Gasteiger partial charge in [0.1, 0.15) is 5.82 Å². The zero-order valence-electron chi connectivity index (χ0n) is 15.6. The third kappa shape index (κ3) is 5.73. The van der Waals surface area contributed by atoms with E-state index in [0.717, 1.165) is 18.4 Å². The first-order valence-corrected chi connectivity index (χ1v) is 11.2. The van der Waals surface area contributed by atoms with Gasteiger partial charge in [0, 0.05) is 25.7 Å². The highest BCUT2D eigenvalue weighted by molar-refractivity contribution is 7.91. The minimum absolute atomic E-state index is 0.0224. The van der Waals surface area contributed by atoms with Crippen molar-refractivity contribution >= 4 is 15.7 Å². The highest BCUT2D eigenvalue weighted by atomic mass is 32.2. The Morgan fingerprint density at radius 1 is 1.33 bits per heavy atom. The molecular weight excluding hydrogens is 371 g/mol. The molecule has 0 spiro atoms. The fraction of sp³-hybridized carbons (Fsp3) is 0.632. The van der Waals surface area contributed by atoms with Gasteiger partial charge in [0.15, 0.2) is 9.84 Å². The van der Waals surface area contributed by atoms with Crippen LogP contribution in [0.4, 0.5) is 4.39 Å². The van der Waals surface area contributed by atoms with Crippen LogP contribution in [0, 0.1) is 5.82 Å². The molecule has 0 bridgehead atoms. The molecule has 2 unspecified atom stereocenters. The van der Waals surface area contributed by atoms with Crippen molar-refractivity contribution in [3.8, 4) is 0 Å². The van der Waals surface area contributed by atoms with Crippen molar-refractivity contribution in [1.82, 2.24) is 9.80 Å². The van der Waals surface area contributed by atoms with Crippen molar-refractivity contribution in [1.29, 1.82) is 0 Å². The van der Waals surface area contributed by atoms with E-state index in [-0.39, 0.29) is 41.9 Å². The topological polar surface area (TPSA) is 66.9 Å². The lowest BCUT2D eigenvalue weighted by molar-refractivity contribution is -0.135. The first-order valence-electron chi connectivity index (χ1n) is 9.37. The molecule has 6 nitrogen and oxygen atoms in total. The van der Waals surface area contributed by atoms with Crippen LogP contribution in [-0.4, -0.2) is 74.5 Å². The van der Waals surface area contributed by atoms with E-state index >= 15 is 0 Å². The number of amides is 1. The number of rotatable bonds is 7. The quantitative estimate of drug-likeness (QED) is 0.696. The van der Waals surface area contributed by atoms with Gasteiger partial charge in [-0.2, -0.15) is 0 Å². The molecule has 2 aliphatic rings. The molecular formula is C19H27FN2O4S. The summed E-state index contributed by atoms with van der Waals surface area (Å²) < 4.78 is 42.8. The van der Waals surface area contributed by atoms with Crippen LogP contribution in [0.1, 0.15) is 24.8 Å². The van der Waals surface area contributed by atoms with Gasteiger partial charge in [-0.25, -0.2) is 12.8 Å². The van der Waals surface area contributed by atoms with E-state index < -0.39 is 9.84 Å². The van der Waals surface area contributed by atoms with Crippen molar-refractivity contribution in [3.05, 3.63) is 35.6 Å². The number of nitrogens with zero attached hydrogens (tertiary/aromatic N) is 2. The molecule has 2 fully saturated rings. The maximum absolute atomic E-state index is 13.3. The molecule has 0 saturated carbocycles. The number of sulfone groups is 1. The summed E-state index contributed by atoms with van der Waals surface area (Å²) in [5, 5.41) is 0. The Balaban J connectivity index is 1.64. The van der Waals surface area contributed by atoms with Gasteiger partial charge in [-0.1, -0.05) is 12.1 Å². The van der Waals surface area contributed by atoms with Crippen molar-refractivity contribution in [2.75, 3.05) is 38.2 Å². The lowest BCUT2D eigenvalue weighted by atomic mass is 10.1. The molecule has 1 amide bonds. The fourth-order valence-corrected chi connectivity index (χ4v) is 5.54.